The molecule has 0 atom stereocenters. The van der Waals surface area contributed by atoms with Gasteiger partial charge in [-0.1, -0.05) is 40.2 Å². The maximum Gasteiger partial charge on any atom is 0.272 e. The molecule has 96 valence electrons. The molecule has 0 aromatic heterocycles. The van der Waals surface area contributed by atoms with Crippen molar-refractivity contribution in [3.8, 4) is 0 Å². The van der Waals surface area contributed by atoms with Gasteiger partial charge in [0.25, 0.3) is 5.91 Å². The Hall–Kier alpha value is -1.21. The Bertz CT molecular complexity index is 611. The Balaban J connectivity index is 2.01. The summed E-state index contributed by atoms with van der Waals surface area (Å²) in [5.41, 5.74) is 4.06. The first-order valence-corrected chi connectivity index (χ1v) is 7.37. The zero-order valence-electron chi connectivity index (χ0n) is 9.81. The van der Waals surface area contributed by atoms with Crippen LogP contribution in [0.1, 0.15) is 15.9 Å². The number of amides is 1. The standard InChI is InChI=1S/C14H10BrIN2O/c15-11-7-5-10(6-8-11)9-17-18-14(19)12-3-1-2-4-13(12)16/h1-9H,(H,18,19)/b17-9+. The van der Waals surface area contributed by atoms with Crippen LogP contribution in [0.25, 0.3) is 0 Å². The monoisotopic (exact) mass is 428 g/mol. The maximum atomic E-state index is 11.9. The first-order valence-electron chi connectivity index (χ1n) is 5.50. The van der Waals surface area contributed by atoms with Gasteiger partial charge in [-0.15, -0.1) is 0 Å². The summed E-state index contributed by atoms with van der Waals surface area (Å²) < 4.78 is 1.91. The van der Waals surface area contributed by atoms with Gasteiger partial charge >= 0.3 is 0 Å². The lowest BCUT2D eigenvalue weighted by molar-refractivity contribution is 0.0954. The second kappa shape index (κ2) is 6.81. The Morgan fingerprint density at radius 2 is 1.84 bits per heavy atom. The molecule has 0 spiro atoms. The van der Waals surface area contributed by atoms with Crippen molar-refractivity contribution in [1.82, 2.24) is 5.43 Å². The summed E-state index contributed by atoms with van der Waals surface area (Å²) >= 11 is 5.48. The summed E-state index contributed by atoms with van der Waals surface area (Å²) in [4.78, 5) is 11.9. The van der Waals surface area contributed by atoms with Crippen molar-refractivity contribution in [3.63, 3.8) is 0 Å². The fourth-order valence-electron chi connectivity index (χ4n) is 1.42. The van der Waals surface area contributed by atoms with Crippen LogP contribution in [0.2, 0.25) is 0 Å². The smallest absolute Gasteiger partial charge is 0.267 e. The summed E-state index contributed by atoms with van der Waals surface area (Å²) in [5.74, 6) is -0.210. The van der Waals surface area contributed by atoms with Crippen LogP contribution in [0, 0.1) is 3.57 Å². The molecule has 19 heavy (non-hydrogen) atoms. The Morgan fingerprint density at radius 3 is 2.53 bits per heavy atom. The second-order valence-electron chi connectivity index (χ2n) is 3.73. The molecule has 0 saturated heterocycles. The third-order valence-corrected chi connectivity index (χ3v) is 3.84. The van der Waals surface area contributed by atoms with E-state index in [2.05, 4.69) is 49.0 Å². The molecule has 0 radical (unpaired) electrons. The number of halogens is 2. The highest BCUT2D eigenvalue weighted by Gasteiger charge is 2.07. The molecule has 0 heterocycles. The highest BCUT2D eigenvalue weighted by Crippen LogP contribution is 2.11. The van der Waals surface area contributed by atoms with Crippen molar-refractivity contribution in [2.75, 3.05) is 0 Å². The van der Waals surface area contributed by atoms with Crippen molar-refractivity contribution in [2.45, 2.75) is 0 Å². The minimum atomic E-state index is -0.210. The Morgan fingerprint density at radius 1 is 1.16 bits per heavy atom. The average Bonchev–Trinajstić information content (AvgIpc) is 2.41. The minimum absolute atomic E-state index is 0.210. The molecule has 2 rings (SSSR count). The number of benzene rings is 2. The lowest BCUT2D eigenvalue weighted by atomic mass is 10.2. The van der Waals surface area contributed by atoms with Crippen LogP contribution < -0.4 is 5.43 Å². The Labute approximate surface area is 133 Å². The molecule has 0 fully saturated rings. The minimum Gasteiger partial charge on any atom is -0.267 e. The lowest BCUT2D eigenvalue weighted by Crippen LogP contribution is -2.18. The van der Waals surface area contributed by atoms with E-state index < -0.39 is 0 Å². The van der Waals surface area contributed by atoms with Gasteiger partial charge in [-0.25, -0.2) is 5.43 Å². The third-order valence-electron chi connectivity index (χ3n) is 2.37. The zero-order chi connectivity index (χ0) is 13.7. The van der Waals surface area contributed by atoms with Crippen LogP contribution in [0.15, 0.2) is 58.1 Å². The van der Waals surface area contributed by atoms with Gasteiger partial charge < -0.3 is 0 Å². The van der Waals surface area contributed by atoms with E-state index in [1.807, 2.05) is 42.5 Å². The molecule has 0 saturated carbocycles. The fourth-order valence-corrected chi connectivity index (χ4v) is 2.32. The normalized spacial score (nSPS) is 10.6. The molecule has 3 nitrogen and oxygen atoms in total. The molecule has 0 unspecified atom stereocenters. The quantitative estimate of drug-likeness (QED) is 0.450. The van der Waals surface area contributed by atoms with E-state index in [1.165, 1.54) is 0 Å². The SMILES string of the molecule is O=C(N/N=C/c1ccc(Br)cc1)c1ccccc1I. The molecule has 0 bridgehead atoms. The fraction of sp³-hybridized carbons (Fsp3) is 0. The molecule has 0 aliphatic heterocycles. The molecule has 5 heteroatoms. The summed E-state index contributed by atoms with van der Waals surface area (Å²) in [7, 11) is 0. The predicted octanol–water partition coefficient (Wildman–Crippen LogP) is 3.82. The molecule has 2 aromatic carbocycles. The number of hydrogen-bond donors (Lipinski definition) is 1. The van der Waals surface area contributed by atoms with Gasteiger partial charge in [0, 0.05) is 8.04 Å². The second-order valence-corrected chi connectivity index (χ2v) is 5.81. The van der Waals surface area contributed by atoms with Crippen LogP contribution in [-0.4, -0.2) is 12.1 Å². The van der Waals surface area contributed by atoms with Crippen LogP contribution in [0.4, 0.5) is 0 Å². The molecule has 0 aliphatic carbocycles. The van der Waals surface area contributed by atoms with Crippen molar-refractivity contribution >= 4 is 50.6 Å². The number of hydrogen-bond acceptors (Lipinski definition) is 2. The van der Waals surface area contributed by atoms with Gasteiger partial charge in [0.15, 0.2) is 0 Å². The number of carbonyl (C=O) groups excluding carboxylic acids is 1. The van der Waals surface area contributed by atoms with Gasteiger partial charge in [0.2, 0.25) is 0 Å². The predicted molar refractivity (Wildman–Crippen MR) is 88.4 cm³/mol. The number of nitrogens with one attached hydrogen (secondary N) is 1. The molecule has 2 aromatic rings. The highest BCUT2D eigenvalue weighted by molar-refractivity contribution is 14.1. The van der Waals surface area contributed by atoms with E-state index >= 15 is 0 Å². The summed E-state index contributed by atoms with van der Waals surface area (Å²) in [6.45, 7) is 0. The van der Waals surface area contributed by atoms with Gasteiger partial charge in [0.1, 0.15) is 0 Å². The van der Waals surface area contributed by atoms with Gasteiger partial charge in [-0.05, 0) is 52.4 Å². The third kappa shape index (κ3) is 4.14. The van der Waals surface area contributed by atoms with Crippen molar-refractivity contribution in [1.29, 1.82) is 0 Å². The van der Waals surface area contributed by atoms with E-state index in [1.54, 1.807) is 12.3 Å². The molecular formula is C14H10BrIN2O. The van der Waals surface area contributed by atoms with Crippen LogP contribution in [-0.2, 0) is 0 Å². The van der Waals surface area contributed by atoms with E-state index in [9.17, 15) is 4.79 Å². The van der Waals surface area contributed by atoms with Gasteiger partial charge in [-0.3, -0.25) is 4.79 Å². The summed E-state index contributed by atoms with van der Waals surface area (Å²) in [5, 5.41) is 3.95. The van der Waals surface area contributed by atoms with Crippen LogP contribution in [0.5, 0.6) is 0 Å². The van der Waals surface area contributed by atoms with Crippen molar-refractivity contribution < 1.29 is 4.79 Å². The van der Waals surface area contributed by atoms with E-state index in [-0.39, 0.29) is 5.91 Å². The van der Waals surface area contributed by atoms with Crippen LogP contribution >= 0.6 is 38.5 Å². The first-order chi connectivity index (χ1) is 9.16. The largest absolute Gasteiger partial charge is 0.272 e. The number of hydrazone groups is 1. The van der Waals surface area contributed by atoms with Crippen molar-refractivity contribution in [2.24, 2.45) is 5.10 Å². The van der Waals surface area contributed by atoms with E-state index in [0.29, 0.717) is 5.56 Å². The zero-order valence-corrected chi connectivity index (χ0v) is 13.6. The number of nitrogens with zero attached hydrogens (tertiary/aromatic N) is 1. The summed E-state index contributed by atoms with van der Waals surface area (Å²) in [6, 6.07) is 15.0. The number of rotatable bonds is 3. The topological polar surface area (TPSA) is 41.5 Å². The number of carbonyl (C=O) groups is 1. The maximum absolute atomic E-state index is 11.9. The molecule has 1 N–H and O–H groups in total. The average molecular weight is 429 g/mol. The van der Waals surface area contributed by atoms with Crippen LogP contribution in [0.3, 0.4) is 0 Å². The first kappa shape index (κ1) is 14.2. The lowest BCUT2D eigenvalue weighted by Gasteiger charge is -2.01. The molecule has 1 amide bonds. The van der Waals surface area contributed by atoms with Gasteiger partial charge in [-0.2, -0.15) is 5.10 Å². The van der Waals surface area contributed by atoms with E-state index in [4.69, 9.17) is 0 Å². The molecular weight excluding hydrogens is 419 g/mol. The molecule has 0 aliphatic rings. The summed E-state index contributed by atoms with van der Waals surface area (Å²) in [6.07, 6.45) is 1.61. The van der Waals surface area contributed by atoms with Crippen molar-refractivity contribution in [3.05, 3.63) is 67.7 Å². The Kier molecular flexibility index (Phi) is 5.09. The van der Waals surface area contributed by atoms with Gasteiger partial charge in [0.05, 0.1) is 11.8 Å². The highest BCUT2D eigenvalue weighted by atomic mass is 127. The van der Waals surface area contributed by atoms with E-state index in [0.717, 1.165) is 13.6 Å².